The Balaban J connectivity index is 1.89. The molecule has 1 aromatic carbocycles. The van der Waals surface area contributed by atoms with Crippen molar-refractivity contribution in [3.8, 4) is 5.69 Å². The number of benzene rings is 1. The van der Waals surface area contributed by atoms with E-state index in [-0.39, 0.29) is 30.4 Å². The fourth-order valence-electron chi connectivity index (χ4n) is 3.35. The number of methoxy groups -OCH3 is 1. The average Bonchev–Trinajstić information content (AvgIpc) is 3.28. The van der Waals surface area contributed by atoms with Crippen LogP contribution in [0.25, 0.3) is 5.69 Å². The molecule has 34 heavy (non-hydrogen) atoms. The lowest BCUT2D eigenvalue weighted by Gasteiger charge is -2.24. The summed E-state index contributed by atoms with van der Waals surface area (Å²) < 4.78 is 7.96. The zero-order valence-corrected chi connectivity index (χ0v) is 20.2. The normalized spacial score (nSPS) is 11.0. The summed E-state index contributed by atoms with van der Waals surface area (Å²) in [4.78, 5) is 41.7. The van der Waals surface area contributed by atoms with Crippen molar-refractivity contribution >= 4 is 29.2 Å². The number of carbonyl (C=O) groups is 1. The molecule has 2 heterocycles. The monoisotopic (exact) mass is 488 g/mol. The van der Waals surface area contributed by atoms with Crippen LogP contribution in [0.4, 0.5) is 11.5 Å². The number of nitrogens with zero attached hydrogens (tertiary/aromatic N) is 6. The van der Waals surface area contributed by atoms with Crippen molar-refractivity contribution in [3.05, 3.63) is 50.7 Å². The molecule has 0 aliphatic heterocycles. The third kappa shape index (κ3) is 5.54. The number of hydrogen-bond acceptors (Lipinski definition) is 9. The van der Waals surface area contributed by atoms with Crippen molar-refractivity contribution in [1.29, 1.82) is 0 Å². The van der Waals surface area contributed by atoms with E-state index in [2.05, 4.69) is 20.5 Å². The number of aromatic amines is 1. The minimum atomic E-state index is -0.727. The van der Waals surface area contributed by atoms with Crippen LogP contribution in [0.3, 0.4) is 0 Å². The van der Waals surface area contributed by atoms with Gasteiger partial charge >= 0.3 is 5.69 Å². The summed E-state index contributed by atoms with van der Waals surface area (Å²) in [5, 5.41) is 12.2. The van der Waals surface area contributed by atoms with E-state index < -0.39 is 17.2 Å². The lowest BCUT2D eigenvalue weighted by Crippen LogP contribution is -2.43. The van der Waals surface area contributed by atoms with E-state index in [1.807, 2.05) is 38.1 Å². The second-order valence-corrected chi connectivity index (χ2v) is 8.43. The van der Waals surface area contributed by atoms with Gasteiger partial charge in [0.15, 0.2) is 5.69 Å². The van der Waals surface area contributed by atoms with Gasteiger partial charge in [0.2, 0.25) is 11.1 Å². The lowest BCUT2D eigenvalue weighted by molar-refractivity contribution is -0.116. The van der Waals surface area contributed by atoms with Gasteiger partial charge in [0.1, 0.15) is 5.82 Å². The second-order valence-electron chi connectivity index (χ2n) is 7.48. The van der Waals surface area contributed by atoms with E-state index in [1.165, 1.54) is 16.6 Å². The van der Waals surface area contributed by atoms with Crippen LogP contribution in [0.1, 0.15) is 25.3 Å². The lowest BCUT2D eigenvalue weighted by atomic mass is 10.2. The molecule has 12 nitrogen and oxygen atoms in total. The maximum atomic E-state index is 13.3. The minimum Gasteiger partial charge on any atom is -0.383 e. The maximum Gasteiger partial charge on any atom is 0.330 e. The first kappa shape index (κ1) is 25.2. The van der Waals surface area contributed by atoms with E-state index in [4.69, 9.17) is 10.5 Å². The molecule has 1 amide bonds. The first-order chi connectivity index (χ1) is 16.4. The predicted molar refractivity (Wildman–Crippen MR) is 129 cm³/mol. The molecule has 0 saturated carbocycles. The Kier molecular flexibility index (Phi) is 8.60. The van der Waals surface area contributed by atoms with Crippen LogP contribution in [-0.2, 0) is 16.1 Å². The van der Waals surface area contributed by atoms with Crippen LogP contribution in [0.15, 0.2) is 39.0 Å². The fraction of sp³-hybridized carbons (Fsp3) is 0.429. The van der Waals surface area contributed by atoms with Crippen LogP contribution < -0.4 is 21.9 Å². The van der Waals surface area contributed by atoms with Gasteiger partial charge in [0.25, 0.3) is 5.56 Å². The van der Waals surface area contributed by atoms with Gasteiger partial charge in [-0.05, 0) is 35.4 Å². The number of nitrogens with two attached hydrogens (primary N) is 1. The Morgan fingerprint density at radius 2 is 2.06 bits per heavy atom. The topological polar surface area (TPSA) is 154 Å². The highest BCUT2D eigenvalue weighted by Gasteiger charge is 2.25. The number of amides is 1. The highest BCUT2D eigenvalue weighted by atomic mass is 32.2. The smallest absolute Gasteiger partial charge is 0.330 e. The molecule has 3 N–H and O–H groups in total. The maximum absolute atomic E-state index is 13.3. The molecule has 0 fully saturated rings. The quantitative estimate of drug-likeness (QED) is 0.376. The SMILES string of the molecule is CCCCn1c(N)c(N(CCOC)C(=O)CSc2nnnn2-c2ccccc2C)c(=O)[nH]c1=O. The fourth-order valence-corrected chi connectivity index (χ4v) is 4.11. The van der Waals surface area contributed by atoms with Crippen molar-refractivity contribution in [1.82, 2.24) is 29.8 Å². The van der Waals surface area contributed by atoms with Gasteiger partial charge in [-0.1, -0.05) is 43.3 Å². The van der Waals surface area contributed by atoms with E-state index >= 15 is 0 Å². The molecule has 0 bridgehead atoms. The number of thioether (sulfide) groups is 1. The standard InChI is InChI=1S/C21H28N8O4S/c1-4-5-10-28-18(22)17(19(31)23-20(28)32)27(11-12-33-3)16(30)13-34-21-24-25-26-29(21)15-9-7-6-8-14(15)2/h6-9H,4-5,10-13,22H2,1-3H3,(H,23,31,32). The van der Waals surface area contributed by atoms with Gasteiger partial charge < -0.3 is 15.4 Å². The number of para-hydroxylation sites is 1. The third-order valence-electron chi connectivity index (χ3n) is 5.15. The van der Waals surface area contributed by atoms with Crippen molar-refractivity contribution in [2.75, 3.05) is 36.6 Å². The highest BCUT2D eigenvalue weighted by Crippen LogP contribution is 2.23. The molecular formula is C21H28N8O4S. The molecule has 3 aromatic rings. The summed E-state index contributed by atoms with van der Waals surface area (Å²) in [6.07, 6.45) is 1.53. The van der Waals surface area contributed by atoms with Crippen LogP contribution in [0.5, 0.6) is 0 Å². The number of carbonyl (C=O) groups excluding carboxylic acids is 1. The summed E-state index contributed by atoms with van der Waals surface area (Å²) in [5.41, 5.74) is 6.57. The van der Waals surface area contributed by atoms with Gasteiger partial charge in [0.05, 0.1) is 18.0 Å². The van der Waals surface area contributed by atoms with Gasteiger partial charge in [-0.2, -0.15) is 4.68 Å². The summed E-state index contributed by atoms with van der Waals surface area (Å²) in [7, 11) is 1.49. The molecule has 2 aromatic heterocycles. The summed E-state index contributed by atoms with van der Waals surface area (Å²) in [6, 6.07) is 7.60. The van der Waals surface area contributed by atoms with Gasteiger partial charge in [0, 0.05) is 20.2 Å². The number of tetrazole rings is 1. The second kappa shape index (κ2) is 11.6. The zero-order chi connectivity index (χ0) is 24.7. The first-order valence-corrected chi connectivity index (χ1v) is 11.8. The van der Waals surface area contributed by atoms with Gasteiger partial charge in [-0.25, -0.2) is 4.79 Å². The Labute approximate surface area is 200 Å². The van der Waals surface area contributed by atoms with Gasteiger partial charge in [-0.15, -0.1) is 5.10 Å². The summed E-state index contributed by atoms with van der Waals surface area (Å²) in [5.74, 6) is -0.524. The van der Waals surface area contributed by atoms with Crippen LogP contribution in [-0.4, -0.2) is 61.7 Å². The molecule has 3 rings (SSSR count). The number of aryl methyl sites for hydroxylation is 1. The van der Waals surface area contributed by atoms with Crippen molar-refractivity contribution in [2.45, 2.75) is 38.4 Å². The molecule has 0 spiro atoms. The van der Waals surface area contributed by atoms with Crippen LogP contribution in [0.2, 0.25) is 0 Å². The van der Waals surface area contributed by atoms with E-state index in [0.717, 1.165) is 29.4 Å². The number of nitrogens with one attached hydrogen (secondary N) is 1. The minimum absolute atomic E-state index is 0.0543. The molecule has 0 aliphatic rings. The van der Waals surface area contributed by atoms with Crippen LogP contribution in [0, 0.1) is 6.92 Å². The molecule has 0 atom stereocenters. The number of hydrogen-bond donors (Lipinski definition) is 2. The molecule has 13 heteroatoms. The largest absolute Gasteiger partial charge is 0.383 e. The Morgan fingerprint density at radius 3 is 2.76 bits per heavy atom. The first-order valence-electron chi connectivity index (χ1n) is 10.8. The number of aromatic nitrogens is 6. The number of anilines is 2. The molecule has 182 valence electrons. The number of H-pyrrole nitrogens is 1. The van der Waals surface area contributed by atoms with Crippen molar-refractivity contribution in [3.63, 3.8) is 0 Å². The number of unbranched alkanes of at least 4 members (excludes halogenated alkanes) is 1. The number of rotatable bonds is 11. The van der Waals surface area contributed by atoms with Crippen LogP contribution >= 0.6 is 11.8 Å². The Bertz CT molecular complexity index is 1250. The number of nitrogen functional groups attached to an aromatic ring is 1. The molecule has 0 radical (unpaired) electrons. The van der Waals surface area contributed by atoms with Crippen molar-refractivity contribution in [2.24, 2.45) is 0 Å². The van der Waals surface area contributed by atoms with E-state index in [1.54, 1.807) is 4.68 Å². The molecular weight excluding hydrogens is 460 g/mol. The summed E-state index contributed by atoms with van der Waals surface area (Å²) in [6.45, 7) is 4.50. The molecule has 0 unspecified atom stereocenters. The van der Waals surface area contributed by atoms with Gasteiger partial charge in [-0.3, -0.25) is 19.1 Å². The third-order valence-corrected chi connectivity index (χ3v) is 6.05. The number of ether oxygens (including phenoxy) is 1. The average molecular weight is 489 g/mol. The Hall–Kier alpha value is -3.45. The van der Waals surface area contributed by atoms with E-state index in [0.29, 0.717) is 18.1 Å². The summed E-state index contributed by atoms with van der Waals surface area (Å²) >= 11 is 1.13. The molecule has 0 aliphatic carbocycles. The van der Waals surface area contributed by atoms with E-state index in [9.17, 15) is 14.4 Å². The zero-order valence-electron chi connectivity index (χ0n) is 19.4. The Morgan fingerprint density at radius 1 is 1.29 bits per heavy atom. The predicted octanol–water partition coefficient (Wildman–Crippen LogP) is 0.975. The highest BCUT2D eigenvalue weighted by molar-refractivity contribution is 7.99. The van der Waals surface area contributed by atoms with Crippen molar-refractivity contribution < 1.29 is 9.53 Å². The molecule has 0 saturated heterocycles.